The molecule has 0 atom stereocenters. The van der Waals surface area contributed by atoms with E-state index >= 15 is 0 Å². The minimum atomic E-state index is -0.142. The SMILES string of the molecule is O=C(CCc1cccs1)NCCC1OCCCO1. The van der Waals surface area contributed by atoms with Gasteiger partial charge in [0, 0.05) is 24.3 Å². The average Bonchev–Trinajstić information content (AvgIpc) is 2.91. The first-order chi connectivity index (χ1) is 8.84. The highest BCUT2D eigenvalue weighted by molar-refractivity contribution is 7.09. The summed E-state index contributed by atoms with van der Waals surface area (Å²) in [5.41, 5.74) is 0. The molecule has 0 aliphatic carbocycles. The quantitative estimate of drug-likeness (QED) is 0.858. The molecule has 1 saturated heterocycles. The highest BCUT2D eigenvalue weighted by Gasteiger charge is 2.13. The van der Waals surface area contributed by atoms with Gasteiger partial charge in [-0.25, -0.2) is 0 Å². The zero-order valence-electron chi connectivity index (χ0n) is 10.4. The molecule has 1 aromatic rings. The van der Waals surface area contributed by atoms with Crippen molar-refractivity contribution < 1.29 is 14.3 Å². The molecule has 0 aromatic carbocycles. The fourth-order valence-corrected chi connectivity index (χ4v) is 2.52. The number of carbonyl (C=O) groups excluding carboxylic acids is 1. The molecule has 100 valence electrons. The Morgan fingerprint density at radius 1 is 1.44 bits per heavy atom. The first-order valence-electron chi connectivity index (χ1n) is 6.37. The molecule has 4 nitrogen and oxygen atoms in total. The molecule has 1 aliphatic rings. The molecule has 5 heteroatoms. The molecule has 1 aromatic heterocycles. The van der Waals surface area contributed by atoms with Crippen LogP contribution in [0.15, 0.2) is 17.5 Å². The fraction of sp³-hybridized carbons (Fsp3) is 0.615. The van der Waals surface area contributed by atoms with Crippen molar-refractivity contribution in [2.24, 2.45) is 0 Å². The number of rotatable bonds is 6. The van der Waals surface area contributed by atoms with Gasteiger partial charge in [-0.2, -0.15) is 0 Å². The molecule has 1 aliphatic heterocycles. The molecular formula is C13H19NO3S. The van der Waals surface area contributed by atoms with E-state index in [0.29, 0.717) is 13.0 Å². The lowest BCUT2D eigenvalue weighted by molar-refractivity contribution is -0.180. The van der Waals surface area contributed by atoms with Crippen molar-refractivity contribution in [3.05, 3.63) is 22.4 Å². The van der Waals surface area contributed by atoms with Gasteiger partial charge in [-0.15, -0.1) is 11.3 Å². The number of thiophene rings is 1. The van der Waals surface area contributed by atoms with E-state index in [4.69, 9.17) is 9.47 Å². The number of amides is 1. The van der Waals surface area contributed by atoms with Gasteiger partial charge >= 0.3 is 0 Å². The van der Waals surface area contributed by atoms with Crippen LogP contribution in [0.4, 0.5) is 0 Å². The largest absolute Gasteiger partial charge is 0.356 e. The lowest BCUT2D eigenvalue weighted by atomic mass is 10.2. The Balaban J connectivity index is 1.54. The molecule has 1 amide bonds. The van der Waals surface area contributed by atoms with Crippen molar-refractivity contribution in [3.63, 3.8) is 0 Å². The van der Waals surface area contributed by atoms with Crippen molar-refractivity contribution in [2.75, 3.05) is 19.8 Å². The first-order valence-corrected chi connectivity index (χ1v) is 7.25. The molecule has 0 bridgehead atoms. The van der Waals surface area contributed by atoms with Crippen LogP contribution in [-0.4, -0.2) is 32.0 Å². The molecule has 1 fully saturated rings. The zero-order chi connectivity index (χ0) is 12.6. The van der Waals surface area contributed by atoms with Crippen LogP contribution in [0.3, 0.4) is 0 Å². The lowest BCUT2D eigenvalue weighted by Gasteiger charge is -2.23. The highest BCUT2D eigenvalue weighted by Crippen LogP contribution is 2.11. The summed E-state index contributed by atoms with van der Waals surface area (Å²) in [5, 5.41) is 4.93. The second kappa shape index (κ2) is 7.51. The van der Waals surface area contributed by atoms with Crippen molar-refractivity contribution in [1.82, 2.24) is 5.32 Å². The third-order valence-electron chi connectivity index (χ3n) is 2.78. The summed E-state index contributed by atoms with van der Waals surface area (Å²) in [4.78, 5) is 12.8. The molecule has 18 heavy (non-hydrogen) atoms. The van der Waals surface area contributed by atoms with Crippen LogP contribution in [0.2, 0.25) is 0 Å². The predicted molar refractivity (Wildman–Crippen MR) is 70.6 cm³/mol. The van der Waals surface area contributed by atoms with Crippen LogP contribution in [-0.2, 0) is 20.7 Å². The Morgan fingerprint density at radius 2 is 2.28 bits per heavy atom. The van der Waals surface area contributed by atoms with Gasteiger partial charge in [0.2, 0.25) is 5.91 Å². The number of carbonyl (C=O) groups is 1. The van der Waals surface area contributed by atoms with Gasteiger partial charge in [-0.3, -0.25) is 4.79 Å². The van der Waals surface area contributed by atoms with Gasteiger partial charge in [-0.05, 0) is 24.3 Å². The van der Waals surface area contributed by atoms with Gasteiger partial charge in [-0.1, -0.05) is 6.07 Å². The predicted octanol–water partition coefficient (Wildman–Crippen LogP) is 1.95. The number of hydrogen-bond donors (Lipinski definition) is 1. The Morgan fingerprint density at radius 3 is 3.00 bits per heavy atom. The molecule has 0 unspecified atom stereocenters. The van der Waals surface area contributed by atoms with E-state index in [2.05, 4.69) is 11.4 Å². The van der Waals surface area contributed by atoms with Crippen molar-refractivity contribution in [1.29, 1.82) is 0 Å². The Labute approximate surface area is 111 Å². The summed E-state index contributed by atoms with van der Waals surface area (Å²) < 4.78 is 10.8. The zero-order valence-corrected chi connectivity index (χ0v) is 11.2. The van der Waals surface area contributed by atoms with Gasteiger partial charge in [0.15, 0.2) is 6.29 Å². The third kappa shape index (κ3) is 4.76. The van der Waals surface area contributed by atoms with Crippen molar-refractivity contribution in [2.45, 2.75) is 32.0 Å². The third-order valence-corrected chi connectivity index (χ3v) is 3.71. The van der Waals surface area contributed by atoms with E-state index in [1.807, 2.05) is 11.4 Å². The summed E-state index contributed by atoms with van der Waals surface area (Å²) in [7, 11) is 0. The van der Waals surface area contributed by atoms with Crippen LogP contribution in [0.5, 0.6) is 0 Å². The van der Waals surface area contributed by atoms with E-state index < -0.39 is 0 Å². The fourth-order valence-electron chi connectivity index (χ4n) is 1.81. The molecular weight excluding hydrogens is 250 g/mol. The summed E-state index contributed by atoms with van der Waals surface area (Å²) in [5.74, 6) is 0.0965. The van der Waals surface area contributed by atoms with E-state index in [-0.39, 0.29) is 12.2 Å². The summed E-state index contributed by atoms with van der Waals surface area (Å²) in [6, 6.07) is 4.07. The van der Waals surface area contributed by atoms with E-state index in [0.717, 1.165) is 32.5 Å². The number of aryl methyl sites for hydroxylation is 1. The number of nitrogens with one attached hydrogen (secondary N) is 1. The number of hydrogen-bond acceptors (Lipinski definition) is 4. The van der Waals surface area contributed by atoms with Crippen molar-refractivity contribution >= 4 is 17.2 Å². The second-order valence-corrected chi connectivity index (χ2v) is 5.27. The van der Waals surface area contributed by atoms with Crippen LogP contribution in [0.25, 0.3) is 0 Å². The van der Waals surface area contributed by atoms with Gasteiger partial charge in [0.1, 0.15) is 0 Å². The molecule has 2 rings (SSSR count). The van der Waals surface area contributed by atoms with Gasteiger partial charge in [0.05, 0.1) is 13.2 Å². The van der Waals surface area contributed by atoms with E-state index in [1.54, 1.807) is 11.3 Å². The average molecular weight is 269 g/mol. The van der Waals surface area contributed by atoms with Gasteiger partial charge in [0.25, 0.3) is 0 Å². The van der Waals surface area contributed by atoms with Crippen LogP contribution in [0.1, 0.15) is 24.1 Å². The molecule has 1 N–H and O–H groups in total. The minimum absolute atomic E-state index is 0.0965. The summed E-state index contributed by atoms with van der Waals surface area (Å²) >= 11 is 1.69. The Kier molecular flexibility index (Phi) is 5.64. The van der Waals surface area contributed by atoms with Crippen LogP contribution in [0, 0.1) is 0 Å². The molecule has 0 saturated carbocycles. The van der Waals surface area contributed by atoms with E-state index in [1.165, 1.54) is 4.88 Å². The summed E-state index contributed by atoms with van der Waals surface area (Å²) in [6.45, 7) is 2.14. The van der Waals surface area contributed by atoms with Crippen molar-refractivity contribution in [3.8, 4) is 0 Å². The molecule has 0 spiro atoms. The maximum absolute atomic E-state index is 11.6. The molecule has 2 heterocycles. The maximum atomic E-state index is 11.6. The second-order valence-electron chi connectivity index (χ2n) is 4.24. The van der Waals surface area contributed by atoms with E-state index in [9.17, 15) is 4.79 Å². The minimum Gasteiger partial charge on any atom is -0.356 e. The Bertz CT molecular complexity index is 347. The maximum Gasteiger partial charge on any atom is 0.220 e. The summed E-state index contributed by atoms with van der Waals surface area (Å²) in [6.07, 6.45) is 2.91. The normalized spacial score (nSPS) is 16.7. The van der Waals surface area contributed by atoms with Gasteiger partial charge < -0.3 is 14.8 Å². The Hall–Kier alpha value is -0.910. The van der Waals surface area contributed by atoms with Crippen LogP contribution < -0.4 is 5.32 Å². The lowest BCUT2D eigenvalue weighted by Crippen LogP contribution is -2.31. The standard InChI is InChI=1S/C13H19NO3S/c15-12(5-4-11-3-1-10-18-11)14-7-6-13-16-8-2-9-17-13/h1,3,10,13H,2,4-9H2,(H,14,15). The topological polar surface area (TPSA) is 47.6 Å². The smallest absolute Gasteiger partial charge is 0.220 e. The first kappa shape index (κ1) is 13.5. The number of ether oxygens (including phenoxy) is 2. The molecule has 0 radical (unpaired) electrons. The highest BCUT2D eigenvalue weighted by atomic mass is 32.1. The monoisotopic (exact) mass is 269 g/mol. The van der Waals surface area contributed by atoms with Crippen LogP contribution >= 0.6 is 11.3 Å².